The largest absolute Gasteiger partial charge is 0.559 e. The van der Waals surface area contributed by atoms with Crippen LogP contribution in [0.5, 0.6) is 0 Å². The van der Waals surface area contributed by atoms with E-state index in [1.165, 1.54) is 0 Å². The molecule has 0 spiro atoms. The Morgan fingerprint density at radius 2 is 1.17 bits per heavy atom. The Morgan fingerprint density at radius 3 is 1.35 bits per heavy atom. The summed E-state index contributed by atoms with van der Waals surface area (Å²) in [6.07, 6.45) is -13.4. The summed E-state index contributed by atoms with van der Waals surface area (Å²) in [5, 5.41) is 0. The first-order valence-corrected chi connectivity index (χ1v) is 5.13. The minimum atomic E-state index is -5.50. The van der Waals surface area contributed by atoms with Crippen molar-refractivity contribution in [3.8, 4) is 0 Å². The lowest BCUT2D eigenvalue weighted by Crippen LogP contribution is -2.16. The van der Waals surface area contributed by atoms with Gasteiger partial charge in [-0.15, -0.1) is 17.6 Å². The van der Waals surface area contributed by atoms with E-state index >= 15 is 0 Å². The topological polar surface area (TPSA) is 36.9 Å². The molecule has 0 unspecified atom stereocenters. The molecule has 0 N–H and O–H groups in total. The van der Waals surface area contributed by atoms with Crippen LogP contribution in [0.3, 0.4) is 0 Å². The lowest BCUT2D eigenvalue weighted by molar-refractivity contribution is -0.237. The van der Waals surface area contributed by atoms with Crippen molar-refractivity contribution >= 4 is 0 Å². The average Bonchev–Trinajstić information content (AvgIpc) is 2.96. The second kappa shape index (κ2) is 8.57. The van der Waals surface area contributed by atoms with E-state index in [2.05, 4.69) is 18.9 Å². The summed E-state index contributed by atoms with van der Waals surface area (Å²) in [6.45, 7) is -0.695. The van der Waals surface area contributed by atoms with Crippen molar-refractivity contribution in [1.82, 2.24) is 0 Å². The quantitative estimate of drug-likeness (QED) is 0.599. The fourth-order valence-electron chi connectivity index (χ4n) is 0.857. The zero-order valence-electron chi connectivity index (χ0n) is 10.5. The second-order valence-corrected chi connectivity index (χ2v) is 3.25. The summed E-state index contributed by atoms with van der Waals surface area (Å²) in [5.41, 5.74) is 0. The molecule has 2 saturated heterocycles. The van der Waals surface area contributed by atoms with Gasteiger partial charge in [0.15, 0.2) is 6.61 Å². The number of rotatable bonds is 0. The Labute approximate surface area is 120 Å². The van der Waals surface area contributed by atoms with Crippen LogP contribution in [-0.2, 0) is 18.9 Å². The molecule has 0 bridgehead atoms. The molecular formula is C9H6F10O4. The molecule has 2 rings (SSSR count). The monoisotopic (exact) mass is 368 g/mol. The number of hydrogen-bond donors (Lipinski definition) is 0. The highest BCUT2D eigenvalue weighted by atomic mass is 19.5. The predicted octanol–water partition coefficient (Wildman–Crippen LogP) is 4.27. The van der Waals surface area contributed by atoms with Gasteiger partial charge in [-0.2, -0.15) is 26.3 Å². The van der Waals surface area contributed by atoms with Gasteiger partial charge in [0, 0.05) is 0 Å². The molecular weight excluding hydrogens is 362 g/mol. The van der Waals surface area contributed by atoms with E-state index in [1.807, 2.05) is 0 Å². The molecule has 2 aliphatic rings. The van der Waals surface area contributed by atoms with E-state index in [1.54, 1.807) is 0 Å². The number of halogens is 10. The minimum Gasteiger partial charge on any atom is -0.458 e. The molecule has 23 heavy (non-hydrogen) atoms. The molecule has 0 radical (unpaired) electrons. The van der Waals surface area contributed by atoms with E-state index in [4.69, 9.17) is 0 Å². The molecule has 2 aliphatic heterocycles. The van der Waals surface area contributed by atoms with Gasteiger partial charge in [-0.3, -0.25) is 0 Å². The molecule has 2 heterocycles. The number of hydrogen-bond acceptors (Lipinski definition) is 4. The van der Waals surface area contributed by atoms with Crippen molar-refractivity contribution in [1.29, 1.82) is 0 Å². The van der Waals surface area contributed by atoms with Gasteiger partial charge in [0.1, 0.15) is 13.2 Å². The molecule has 0 saturated carbocycles. The van der Waals surface area contributed by atoms with E-state index < -0.39 is 43.2 Å². The van der Waals surface area contributed by atoms with E-state index in [-0.39, 0.29) is 13.2 Å². The lowest BCUT2D eigenvalue weighted by atomic mass is 10.7. The Balaban J connectivity index is 0.000000335. The number of alkyl halides is 6. The fourth-order valence-corrected chi connectivity index (χ4v) is 0.857. The smallest absolute Gasteiger partial charge is 0.458 e. The van der Waals surface area contributed by atoms with Crippen LogP contribution in [-0.4, -0.2) is 32.4 Å². The molecule has 0 aromatic rings. The van der Waals surface area contributed by atoms with Gasteiger partial charge in [0.25, 0.3) is 0 Å². The molecule has 136 valence electrons. The first-order valence-electron chi connectivity index (χ1n) is 5.13. The van der Waals surface area contributed by atoms with Gasteiger partial charge in [0.2, 0.25) is 0 Å². The van der Waals surface area contributed by atoms with Crippen LogP contribution in [0.1, 0.15) is 0 Å². The Bertz CT molecular complexity index is 422. The van der Waals surface area contributed by atoms with Crippen LogP contribution >= 0.6 is 0 Å². The van der Waals surface area contributed by atoms with E-state index in [0.717, 1.165) is 0 Å². The first-order chi connectivity index (χ1) is 10.3. The average molecular weight is 368 g/mol. The normalized spacial score (nSPS) is 18.2. The summed E-state index contributed by atoms with van der Waals surface area (Å²) in [7, 11) is 0. The summed E-state index contributed by atoms with van der Waals surface area (Å²) in [6, 6.07) is 0. The first kappa shape index (κ1) is 21.0. The Morgan fingerprint density at radius 1 is 0.783 bits per heavy atom. The maximum Gasteiger partial charge on any atom is 0.559 e. The molecule has 2 fully saturated rings. The predicted molar refractivity (Wildman–Crippen MR) is 49.5 cm³/mol. The molecule has 0 aromatic heterocycles. The van der Waals surface area contributed by atoms with Gasteiger partial charge < -0.3 is 18.9 Å². The minimum absolute atomic E-state index is 0.229. The summed E-state index contributed by atoms with van der Waals surface area (Å²) in [5.74, 6) is -2.00. The summed E-state index contributed by atoms with van der Waals surface area (Å²) in [4.78, 5) is 0. The third kappa shape index (κ3) is 11.2. The molecule has 0 aliphatic carbocycles. The maximum atomic E-state index is 11.8. The highest BCUT2D eigenvalue weighted by Crippen LogP contribution is 2.30. The van der Waals surface area contributed by atoms with E-state index in [9.17, 15) is 43.9 Å². The van der Waals surface area contributed by atoms with Crippen LogP contribution in [0.15, 0.2) is 24.1 Å². The van der Waals surface area contributed by atoms with Gasteiger partial charge in [0.05, 0.1) is 0 Å². The highest BCUT2D eigenvalue weighted by Gasteiger charge is 2.42. The van der Waals surface area contributed by atoms with Gasteiger partial charge >= 0.3 is 36.6 Å². The van der Waals surface area contributed by atoms with Crippen molar-refractivity contribution < 1.29 is 62.9 Å². The molecule has 0 atom stereocenters. The molecule has 4 nitrogen and oxygen atoms in total. The maximum absolute atomic E-state index is 11.8. The van der Waals surface area contributed by atoms with Crippen LogP contribution in [0.4, 0.5) is 43.9 Å². The standard InChI is InChI=1S/C4H2F4O2.C4H4F2O2.CF4/c5-2(6)3-9-1-4(7,8)10-3;5-3(6)4-7-1-2-8-4;2-1(3,4)5/h1H2;1-2H2;. The lowest BCUT2D eigenvalue weighted by Gasteiger charge is -2.01. The van der Waals surface area contributed by atoms with Crippen molar-refractivity contribution in [2.75, 3.05) is 19.8 Å². The SMILES string of the molecule is FC(F)(F)F.FC(F)=C1OCC(F)(F)O1.FC(F)=C1OCCO1. The molecule has 0 aromatic carbocycles. The Kier molecular flexibility index (Phi) is 7.82. The van der Waals surface area contributed by atoms with Gasteiger partial charge in [-0.25, -0.2) is 0 Å². The highest BCUT2D eigenvalue weighted by molar-refractivity contribution is 4.88. The van der Waals surface area contributed by atoms with Crippen molar-refractivity contribution in [3.63, 3.8) is 0 Å². The third-order valence-electron chi connectivity index (χ3n) is 1.47. The molecule has 0 amide bonds. The van der Waals surface area contributed by atoms with Crippen molar-refractivity contribution in [2.24, 2.45) is 0 Å². The van der Waals surface area contributed by atoms with Crippen molar-refractivity contribution in [3.05, 3.63) is 24.1 Å². The molecule has 14 heteroatoms. The zero-order chi connectivity index (χ0) is 18.3. The Hall–Kier alpha value is -2.02. The van der Waals surface area contributed by atoms with Gasteiger partial charge in [-0.05, 0) is 0 Å². The van der Waals surface area contributed by atoms with Crippen LogP contribution in [0.2, 0.25) is 0 Å². The fraction of sp³-hybridized carbons (Fsp3) is 0.556. The summed E-state index contributed by atoms with van der Waals surface area (Å²) < 4.78 is 124. The van der Waals surface area contributed by atoms with Crippen LogP contribution in [0, 0.1) is 0 Å². The van der Waals surface area contributed by atoms with Crippen molar-refractivity contribution in [2.45, 2.75) is 12.5 Å². The van der Waals surface area contributed by atoms with Crippen LogP contribution < -0.4 is 0 Å². The number of ether oxygens (including phenoxy) is 4. The van der Waals surface area contributed by atoms with E-state index in [0.29, 0.717) is 0 Å². The van der Waals surface area contributed by atoms with Gasteiger partial charge in [-0.1, -0.05) is 0 Å². The summed E-state index contributed by atoms with van der Waals surface area (Å²) >= 11 is 0. The second-order valence-electron chi connectivity index (χ2n) is 3.25. The van der Waals surface area contributed by atoms with Crippen LogP contribution in [0.25, 0.3) is 0 Å². The zero-order valence-corrected chi connectivity index (χ0v) is 10.5. The third-order valence-corrected chi connectivity index (χ3v) is 1.47.